The molecule has 20 heavy (non-hydrogen) atoms. The van der Waals surface area contributed by atoms with Crippen molar-refractivity contribution in [3.05, 3.63) is 5.89 Å². The fourth-order valence-electron chi connectivity index (χ4n) is 1.48. The second-order valence-electron chi connectivity index (χ2n) is 4.48. The number of esters is 1. The number of hydrogen-bond donors (Lipinski definition) is 1. The summed E-state index contributed by atoms with van der Waals surface area (Å²) in [6.45, 7) is 7.57. The van der Waals surface area contributed by atoms with Gasteiger partial charge >= 0.3 is 12.0 Å². The Labute approximate surface area is 117 Å². The molecule has 1 amide bonds. The predicted molar refractivity (Wildman–Crippen MR) is 71.0 cm³/mol. The van der Waals surface area contributed by atoms with Crippen LogP contribution < -0.4 is 5.32 Å². The summed E-state index contributed by atoms with van der Waals surface area (Å²) >= 11 is 0. The van der Waals surface area contributed by atoms with Gasteiger partial charge in [-0.05, 0) is 20.8 Å². The van der Waals surface area contributed by atoms with E-state index in [1.807, 2.05) is 13.8 Å². The smallest absolute Gasteiger partial charge is 0.322 e. The lowest BCUT2D eigenvalue weighted by atomic mass is 10.3. The minimum atomic E-state index is -0.359. The fraction of sp³-hybridized carbons (Fsp3) is 0.667. The standard InChI is InChI=1S/C12H20N4O4/c1-5-19-11(18)7-16(8(2)3)6-10(17)13-12-15-14-9(4)20-12/h8H,5-7H2,1-4H3,(H,13,15,17). The van der Waals surface area contributed by atoms with Gasteiger partial charge in [0, 0.05) is 13.0 Å². The summed E-state index contributed by atoms with van der Waals surface area (Å²) in [6.07, 6.45) is 0. The number of nitrogens with one attached hydrogen (secondary N) is 1. The van der Waals surface area contributed by atoms with Gasteiger partial charge in [0.1, 0.15) is 0 Å². The first-order chi connectivity index (χ1) is 9.42. The number of nitrogens with zero attached hydrogens (tertiary/aromatic N) is 3. The molecule has 0 fully saturated rings. The van der Waals surface area contributed by atoms with E-state index in [9.17, 15) is 9.59 Å². The number of carbonyl (C=O) groups excluding carboxylic acids is 2. The second-order valence-corrected chi connectivity index (χ2v) is 4.48. The summed E-state index contributed by atoms with van der Waals surface area (Å²) in [6, 6.07) is 0.0712. The lowest BCUT2D eigenvalue weighted by Gasteiger charge is -2.24. The van der Waals surface area contributed by atoms with E-state index < -0.39 is 0 Å². The van der Waals surface area contributed by atoms with Crippen molar-refractivity contribution in [2.24, 2.45) is 0 Å². The molecule has 0 aromatic carbocycles. The molecule has 0 aliphatic carbocycles. The SMILES string of the molecule is CCOC(=O)CN(CC(=O)Nc1nnc(C)o1)C(C)C. The third kappa shape index (κ3) is 5.35. The molecule has 112 valence electrons. The summed E-state index contributed by atoms with van der Waals surface area (Å²) in [4.78, 5) is 25.0. The third-order valence-corrected chi connectivity index (χ3v) is 2.49. The van der Waals surface area contributed by atoms with E-state index in [-0.39, 0.29) is 37.0 Å². The molecule has 1 aromatic rings. The normalized spacial score (nSPS) is 10.9. The molecule has 8 nitrogen and oxygen atoms in total. The highest BCUT2D eigenvalue weighted by molar-refractivity contribution is 5.90. The number of aryl methyl sites for hydroxylation is 1. The van der Waals surface area contributed by atoms with Gasteiger partial charge in [-0.25, -0.2) is 0 Å². The summed E-state index contributed by atoms with van der Waals surface area (Å²) in [7, 11) is 0. The maximum Gasteiger partial charge on any atom is 0.322 e. The Morgan fingerprint density at radius 1 is 1.35 bits per heavy atom. The summed E-state index contributed by atoms with van der Waals surface area (Å²) in [5.74, 6) is -0.318. The Morgan fingerprint density at radius 2 is 2.05 bits per heavy atom. The molecule has 1 N–H and O–H groups in total. The molecule has 0 aliphatic heterocycles. The molecule has 0 aliphatic rings. The van der Waals surface area contributed by atoms with Crippen LogP contribution in [-0.2, 0) is 14.3 Å². The zero-order chi connectivity index (χ0) is 15.1. The monoisotopic (exact) mass is 284 g/mol. The van der Waals surface area contributed by atoms with Crippen molar-refractivity contribution in [3.8, 4) is 0 Å². The quantitative estimate of drug-likeness (QED) is 0.732. The topological polar surface area (TPSA) is 97.6 Å². The van der Waals surface area contributed by atoms with Crippen LogP contribution in [0.25, 0.3) is 0 Å². The number of amides is 1. The molecule has 0 spiro atoms. The van der Waals surface area contributed by atoms with Crippen LogP contribution in [0.3, 0.4) is 0 Å². The molecule has 8 heteroatoms. The predicted octanol–water partition coefficient (Wildman–Crippen LogP) is 0.590. The average Bonchev–Trinajstić information content (AvgIpc) is 2.73. The summed E-state index contributed by atoms with van der Waals surface area (Å²) < 4.78 is 9.92. The van der Waals surface area contributed by atoms with E-state index in [1.54, 1.807) is 18.7 Å². The molecule has 0 bridgehead atoms. The minimum Gasteiger partial charge on any atom is -0.465 e. The van der Waals surface area contributed by atoms with Gasteiger partial charge in [0.15, 0.2) is 0 Å². The number of rotatable bonds is 7. The molecule has 0 unspecified atom stereocenters. The number of aromatic nitrogens is 2. The maximum absolute atomic E-state index is 11.8. The second kappa shape index (κ2) is 7.59. The lowest BCUT2D eigenvalue weighted by Crippen LogP contribution is -2.41. The average molecular weight is 284 g/mol. The van der Waals surface area contributed by atoms with Crippen LogP contribution in [0.1, 0.15) is 26.7 Å². The molecule has 0 atom stereocenters. The van der Waals surface area contributed by atoms with Gasteiger partial charge in [0.05, 0.1) is 19.7 Å². The van der Waals surface area contributed by atoms with Crippen LogP contribution in [0.2, 0.25) is 0 Å². The Hall–Kier alpha value is -1.96. The van der Waals surface area contributed by atoms with Gasteiger partial charge in [0.25, 0.3) is 0 Å². The molecule has 0 saturated carbocycles. The Kier molecular flexibility index (Phi) is 6.10. The molecular weight excluding hydrogens is 264 g/mol. The van der Waals surface area contributed by atoms with E-state index in [2.05, 4.69) is 15.5 Å². The number of ether oxygens (including phenoxy) is 1. The van der Waals surface area contributed by atoms with Crippen LogP contribution in [-0.4, -0.2) is 52.7 Å². The largest absolute Gasteiger partial charge is 0.465 e. The number of carbonyl (C=O) groups is 2. The van der Waals surface area contributed by atoms with E-state index in [4.69, 9.17) is 9.15 Å². The first-order valence-corrected chi connectivity index (χ1v) is 6.42. The molecule has 0 saturated heterocycles. The Morgan fingerprint density at radius 3 is 2.55 bits per heavy atom. The van der Waals surface area contributed by atoms with Crippen molar-refractivity contribution >= 4 is 17.9 Å². The summed E-state index contributed by atoms with van der Waals surface area (Å²) in [5, 5.41) is 9.76. The van der Waals surface area contributed by atoms with Gasteiger partial charge in [0.2, 0.25) is 11.8 Å². The number of hydrogen-bond acceptors (Lipinski definition) is 7. The number of anilines is 1. The van der Waals surface area contributed by atoms with Crippen molar-refractivity contribution in [1.82, 2.24) is 15.1 Å². The molecular formula is C12H20N4O4. The minimum absolute atomic E-state index is 0.0228. The van der Waals surface area contributed by atoms with Gasteiger partial charge in [-0.3, -0.25) is 19.8 Å². The van der Waals surface area contributed by atoms with Gasteiger partial charge in [-0.2, -0.15) is 0 Å². The van der Waals surface area contributed by atoms with Crippen molar-refractivity contribution < 1.29 is 18.7 Å². The molecule has 1 heterocycles. The highest BCUT2D eigenvalue weighted by atomic mass is 16.5. The Balaban J connectivity index is 2.52. The van der Waals surface area contributed by atoms with Crippen molar-refractivity contribution in [1.29, 1.82) is 0 Å². The fourth-order valence-corrected chi connectivity index (χ4v) is 1.48. The van der Waals surface area contributed by atoms with Crippen LogP contribution in [0.15, 0.2) is 4.42 Å². The van der Waals surface area contributed by atoms with Gasteiger partial charge in [-0.15, -0.1) is 5.10 Å². The highest BCUT2D eigenvalue weighted by Gasteiger charge is 2.19. The van der Waals surface area contributed by atoms with Crippen LogP contribution in [0.5, 0.6) is 0 Å². The van der Waals surface area contributed by atoms with Gasteiger partial charge < -0.3 is 9.15 Å². The van der Waals surface area contributed by atoms with Crippen LogP contribution in [0, 0.1) is 6.92 Å². The maximum atomic E-state index is 11.8. The first-order valence-electron chi connectivity index (χ1n) is 6.42. The van der Waals surface area contributed by atoms with Gasteiger partial charge in [-0.1, -0.05) is 5.10 Å². The molecule has 0 radical (unpaired) electrons. The molecule has 1 rings (SSSR count). The van der Waals surface area contributed by atoms with Crippen molar-refractivity contribution in [2.75, 3.05) is 25.0 Å². The lowest BCUT2D eigenvalue weighted by molar-refractivity contribution is -0.145. The third-order valence-electron chi connectivity index (χ3n) is 2.49. The zero-order valence-corrected chi connectivity index (χ0v) is 12.2. The van der Waals surface area contributed by atoms with E-state index in [0.717, 1.165) is 0 Å². The Bertz CT molecular complexity index is 458. The van der Waals surface area contributed by atoms with E-state index >= 15 is 0 Å². The van der Waals surface area contributed by atoms with Crippen molar-refractivity contribution in [2.45, 2.75) is 33.7 Å². The van der Waals surface area contributed by atoms with Crippen LogP contribution >= 0.6 is 0 Å². The molecule has 1 aromatic heterocycles. The zero-order valence-electron chi connectivity index (χ0n) is 12.2. The van der Waals surface area contributed by atoms with Crippen LogP contribution in [0.4, 0.5) is 6.01 Å². The summed E-state index contributed by atoms with van der Waals surface area (Å²) in [5.41, 5.74) is 0. The highest BCUT2D eigenvalue weighted by Crippen LogP contribution is 2.05. The van der Waals surface area contributed by atoms with E-state index in [1.165, 1.54) is 0 Å². The first kappa shape index (κ1) is 16.1. The van der Waals surface area contributed by atoms with E-state index in [0.29, 0.717) is 12.5 Å². The van der Waals surface area contributed by atoms with Crippen molar-refractivity contribution in [3.63, 3.8) is 0 Å².